The van der Waals surface area contributed by atoms with Gasteiger partial charge in [0.2, 0.25) is 11.8 Å². The van der Waals surface area contributed by atoms with E-state index in [-0.39, 0.29) is 18.2 Å². The molecule has 0 spiro atoms. The van der Waals surface area contributed by atoms with Crippen molar-refractivity contribution in [2.45, 2.75) is 19.0 Å². The number of carbonyl (C=O) groups excluding carboxylic acids is 2. The molecule has 1 fully saturated rings. The molecule has 0 saturated carbocycles. The molecular formula is C12H12BrClN2O2. The van der Waals surface area contributed by atoms with Crippen LogP contribution in [0.3, 0.4) is 0 Å². The number of hydrogen-bond donors (Lipinski definition) is 1. The largest absolute Gasteiger partial charge is 0.301 e. The average Bonchev–Trinajstić information content (AvgIpc) is 2.58. The van der Waals surface area contributed by atoms with Gasteiger partial charge in [0.25, 0.3) is 0 Å². The number of imide groups is 1. The van der Waals surface area contributed by atoms with E-state index in [0.717, 1.165) is 14.9 Å². The first-order valence-corrected chi connectivity index (χ1v) is 6.64. The highest BCUT2D eigenvalue weighted by Crippen LogP contribution is 2.21. The number of carbonyl (C=O) groups is 2. The third-order valence-electron chi connectivity index (χ3n) is 2.93. The molecule has 6 heteroatoms. The molecule has 1 heterocycles. The van der Waals surface area contributed by atoms with Crippen molar-refractivity contribution in [1.29, 1.82) is 0 Å². The van der Waals surface area contributed by atoms with Crippen LogP contribution >= 0.6 is 27.5 Å². The predicted molar refractivity (Wildman–Crippen MR) is 72.2 cm³/mol. The van der Waals surface area contributed by atoms with E-state index in [0.29, 0.717) is 11.6 Å². The Morgan fingerprint density at radius 2 is 2.22 bits per heavy atom. The molecule has 1 aromatic rings. The summed E-state index contributed by atoms with van der Waals surface area (Å²) >= 11 is 9.33. The summed E-state index contributed by atoms with van der Waals surface area (Å²) in [5, 5.41) is 3.72. The van der Waals surface area contributed by atoms with Gasteiger partial charge in [0.1, 0.15) is 0 Å². The maximum Gasteiger partial charge on any atom is 0.246 e. The second-order valence-corrected chi connectivity index (χ2v) is 5.46. The maximum atomic E-state index is 11.7. The van der Waals surface area contributed by atoms with Gasteiger partial charge < -0.3 is 5.32 Å². The molecule has 4 nitrogen and oxygen atoms in total. The maximum absolute atomic E-state index is 11.7. The Morgan fingerprint density at radius 1 is 1.50 bits per heavy atom. The van der Waals surface area contributed by atoms with Crippen LogP contribution in [0, 0.1) is 0 Å². The summed E-state index contributed by atoms with van der Waals surface area (Å²) in [6, 6.07) is 5.03. The molecule has 1 aromatic carbocycles. The second-order valence-electron chi connectivity index (χ2n) is 4.16. The summed E-state index contributed by atoms with van der Waals surface area (Å²) in [5.41, 5.74) is 0.956. The lowest BCUT2D eigenvalue weighted by Gasteiger charge is -2.12. The summed E-state index contributed by atoms with van der Waals surface area (Å²) in [6.45, 7) is 0.485. The fraction of sp³-hybridized carbons (Fsp3) is 0.333. The molecular weight excluding hydrogens is 320 g/mol. The monoisotopic (exact) mass is 330 g/mol. The predicted octanol–water partition coefficient (Wildman–Crippen LogP) is 1.95. The molecule has 0 aliphatic carbocycles. The molecule has 96 valence electrons. The summed E-state index contributed by atoms with van der Waals surface area (Å²) in [4.78, 5) is 24.2. The van der Waals surface area contributed by atoms with Gasteiger partial charge in [-0.2, -0.15) is 0 Å². The molecule has 1 aliphatic rings. The minimum atomic E-state index is -0.437. The van der Waals surface area contributed by atoms with Crippen LogP contribution in [0.25, 0.3) is 0 Å². The lowest BCUT2D eigenvalue weighted by atomic mass is 10.2. The molecule has 0 aromatic heterocycles. The molecule has 2 amide bonds. The fourth-order valence-corrected chi connectivity index (χ4v) is 2.41. The van der Waals surface area contributed by atoms with Gasteiger partial charge in [-0.3, -0.25) is 14.5 Å². The molecule has 1 saturated heterocycles. The molecule has 1 atom stereocenters. The highest BCUT2D eigenvalue weighted by Gasteiger charge is 2.35. The Balaban J connectivity index is 2.02. The number of halogens is 2. The summed E-state index contributed by atoms with van der Waals surface area (Å²) in [5.74, 6) is -0.333. The van der Waals surface area contributed by atoms with Crippen LogP contribution in [0.15, 0.2) is 22.7 Å². The number of nitrogens with one attached hydrogen (secondary N) is 1. The van der Waals surface area contributed by atoms with Crippen molar-refractivity contribution >= 4 is 39.3 Å². The Labute approximate surface area is 118 Å². The van der Waals surface area contributed by atoms with Crippen LogP contribution in [0.4, 0.5) is 0 Å². The quantitative estimate of drug-likeness (QED) is 0.861. The Hall–Kier alpha value is -0.910. The zero-order valence-electron chi connectivity index (χ0n) is 9.74. The molecule has 18 heavy (non-hydrogen) atoms. The number of likely N-dealkylation sites (N-methyl/N-ethyl adjacent to an activating group) is 1. The Kier molecular flexibility index (Phi) is 4.04. The van der Waals surface area contributed by atoms with Crippen LogP contribution in [0.5, 0.6) is 0 Å². The van der Waals surface area contributed by atoms with Crippen LogP contribution in [-0.4, -0.2) is 29.8 Å². The van der Waals surface area contributed by atoms with Gasteiger partial charge in [-0.15, -0.1) is 0 Å². The van der Waals surface area contributed by atoms with Crippen molar-refractivity contribution in [2.24, 2.45) is 0 Å². The standard InChI is InChI=1S/C12H12BrClN2O2/c1-16-11(17)5-10(12(16)18)15-6-7-4-8(14)2-3-9(7)13/h2-4,10,15H,5-6H2,1H3. The smallest absolute Gasteiger partial charge is 0.246 e. The van der Waals surface area contributed by atoms with E-state index in [1.54, 1.807) is 6.07 Å². The van der Waals surface area contributed by atoms with Crippen molar-refractivity contribution < 1.29 is 9.59 Å². The molecule has 1 aliphatic heterocycles. The molecule has 1 N–H and O–H groups in total. The van der Waals surface area contributed by atoms with Crippen LogP contribution in [0.1, 0.15) is 12.0 Å². The van der Waals surface area contributed by atoms with E-state index in [2.05, 4.69) is 21.2 Å². The highest BCUT2D eigenvalue weighted by atomic mass is 79.9. The van der Waals surface area contributed by atoms with E-state index < -0.39 is 6.04 Å². The minimum Gasteiger partial charge on any atom is -0.301 e. The second kappa shape index (κ2) is 5.38. The van der Waals surface area contributed by atoms with E-state index in [1.807, 2.05) is 12.1 Å². The normalized spacial score (nSPS) is 19.7. The zero-order chi connectivity index (χ0) is 13.3. The van der Waals surface area contributed by atoms with Crippen LogP contribution in [-0.2, 0) is 16.1 Å². The van der Waals surface area contributed by atoms with Crippen LogP contribution in [0.2, 0.25) is 5.02 Å². The number of rotatable bonds is 3. The first-order valence-electron chi connectivity index (χ1n) is 5.46. The Morgan fingerprint density at radius 3 is 2.83 bits per heavy atom. The van der Waals surface area contributed by atoms with Gasteiger partial charge in [-0.1, -0.05) is 27.5 Å². The summed E-state index contributed by atoms with van der Waals surface area (Å²) in [6.07, 6.45) is 0.216. The number of likely N-dealkylation sites (tertiary alicyclic amines) is 1. The number of nitrogens with zero attached hydrogens (tertiary/aromatic N) is 1. The van der Waals surface area contributed by atoms with Gasteiger partial charge in [0.15, 0.2) is 0 Å². The van der Waals surface area contributed by atoms with Gasteiger partial charge in [-0.25, -0.2) is 0 Å². The van der Waals surface area contributed by atoms with E-state index in [1.165, 1.54) is 7.05 Å². The van der Waals surface area contributed by atoms with Crippen molar-refractivity contribution in [3.8, 4) is 0 Å². The fourth-order valence-electron chi connectivity index (χ4n) is 1.83. The lowest BCUT2D eigenvalue weighted by molar-refractivity contribution is -0.137. The topological polar surface area (TPSA) is 49.4 Å². The number of amides is 2. The molecule has 0 radical (unpaired) electrons. The lowest BCUT2D eigenvalue weighted by Crippen LogP contribution is -2.36. The third-order valence-corrected chi connectivity index (χ3v) is 3.94. The van der Waals surface area contributed by atoms with Gasteiger partial charge >= 0.3 is 0 Å². The first kappa shape index (κ1) is 13.5. The van der Waals surface area contributed by atoms with Crippen molar-refractivity contribution in [2.75, 3.05) is 7.05 Å². The van der Waals surface area contributed by atoms with Gasteiger partial charge in [0.05, 0.1) is 12.5 Å². The van der Waals surface area contributed by atoms with Gasteiger partial charge in [0, 0.05) is 23.1 Å². The van der Waals surface area contributed by atoms with E-state index in [9.17, 15) is 9.59 Å². The van der Waals surface area contributed by atoms with E-state index in [4.69, 9.17) is 11.6 Å². The molecule has 1 unspecified atom stereocenters. The summed E-state index contributed by atoms with van der Waals surface area (Å²) in [7, 11) is 1.50. The highest BCUT2D eigenvalue weighted by molar-refractivity contribution is 9.10. The average molecular weight is 332 g/mol. The Bertz CT molecular complexity index is 507. The first-order chi connectivity index (χ1) is 8.49. The third kappa shape index (κ3) is 2.74. The van der Waals surface area contributed by atoms with Crippen molar-refractivity contribution in [3.63, 3.8) is 0 Å². The summed E-state index contributed by atoms with van der Waals surface area (Å²) < 4.78 is 0.921. The minimum absolute atomic E-state index is 0.150. The van der Waals surface area contributed by atoms with Crippen molar-refractivity contribution in [1.82, 2.24) is 10.2 Å². The zero-order valence-corrected chi connectivity index (χ0v) is 12.1. The van der Waals surface area contributed by atoms with Crippen molar-refractivity contribution in [3.05, 3.63) is 33.3 Å². The van der Waals surface area contributed by atoms with Crippen LogP contribution < -0.4 is 5.32 Å². The molecule has 2 rings (SSSR count). The molecule has 0 bridgehead atoms. The van der Waals surface area contributed by atoms with E-state index >= 15 is 0 Å². The SMILES string of the molecule is CN1C(=O)CC(NCc2cc(Cl)ccc2Br)C1=O. The number of benzene rings is 1. The number of hydrogen-bond acceptors (Lipinski definition) is 3. The van der Waals surface area contributed by atoms with Gasteiger partial charge in [-0.05, 0) is 23.8 Å².